The smallest absolute Gasteiger partial charge is 0.137 e. The Bertz CT molecular complexity index is 567. The monoisotopic (exact) mass is 307 g/mol. The minimum Gasteiger partial charge on any atom is -0.393 e. The van der Waals surface area contributed by atoms with Crippen LogP contribution in [0.1, 0.15) is 23.6 Å². The van der Waals surface area contributed by atoms with Crippen molar-refractivity contribution in [2.75, 3.05) is 0 Å². The molecule has 1 aliphatic rings. The number of aromatic nitrogens is 3. The number of hydrogen-bond donors (Lipinski definition) is 1. The maximum absolute atomic E-state index is 9.61. The summed E-state index contributed by atoms with van der Waals surface area (Å²) in [5.74, 6) is 1.87. The standard InChI is InChI=1S/C13H14BrN3O/c14-11-4-2-1-3-9(11)7-12-15-16-13-8-10(18)5-6-17(12)13/h1-4,10,18H,5-8H2. The van der Waals surface area contributed by atoms with Crippen molar-refractivity contribution in [1.29, 1.82) is 0 Å². The second-order valence-corrected chi connectivity index (χ2v) is 5.45. The fraction of sp³-hybridized carbons (Fsp3) is 0.385. The summed E-state index contributed by atoms with van der Waals surface area (Å²) in [4.78, 5) is 0. The number of benzene rings is 1. The van der Waals surface area contributed by atoms with E-state index >= 15 is 0 Å². The van der Waals surface area contributed by atoms with Crippen LogP contribution in [-0.2, 0) is 19.4 Å². The number of rotatable bonds is 2. The zero-order chi connectivity index (χ0) is 12.5. The van der Waals surface area contributed by atoms with E-state index in [0.717, 1.165) is 35.5 Å². The third-order valence-electron chi connectivity index (χ3n) is 3.31. The first kappa shape index (κ1) is 11.9. The molecular weight excluding hydrogens is 294 g/mol. The molecule has 0 saturated heterocycles. The lowest BCUT2D eigenvalue weighted by Gasteiger charge is -2.19. The summed E-state index contributed by atoms with van der Waals surface area (Å²) in [6.45, 7) is 0.809. The number of halogens is 1. The van der Waals surface area contributed by atoms with Crippen LogP contribution in [0, 0.1) is 0 Å². The highest BCUT2D eigenvalue weighted by Gasteiger charge is 2.21. The third kappa shape index (κ3) is 2.20. The zero-order valence-corrected chi connectivity index (χ0v) is 11.5. The topological polar surface area (TPSA) is 50.9 Å². The minimum absolute atomic E-state index is 0.266. The first-order valence-electron chi connectivity index (χ1n) is 6.06. The molecule has 18 heavy (non-hydrogen) atoms. The molecule has 0 radical (unpaired) electrons. The molecule has 0 aliphatic carbocycles. The molecule has 0 saturated carbocycles. The molecule has 4 nitrogen and oxygen atoms in total. The van der Waals surface area contributed by atoms with Crippen molar-refractivity contribution in [2.24, 2.45) is 0 Å². The Kier molecular flexibility index (Phi) is 3.18. The van der Waals surface area contributed by atoms with Crippen molar-refractivity contribution in [1.82, 2.24) is 14.8 Å². The Labute approximate surface area is 114 Å². The first-order valence-corrected chi connectivity index (χ1v) is 6.86. The van der Waals surface area contributed by atoms with E-state index in [1.165, 1.54) is 5.56 Å². The number of aliphatic hydroxyl groups excluding tert-OH is 1. The first-order chi connectivity index (χ1) is 8.74. The second-order valence-electron chi connectivity index (χ2n) is 4.60. The van der Waals surface area contributed by atoms with Gasteiger partial charge in [0.2, 0.25) is 0 Å². The van der Waals surface area contributed by atoms with E-state index in [0.29, 0.717) is 6.42 Å². The Hall–Kier alpha value is -1.20. The van der Waals surface area contributed by atoms with E-state index in [4.69, 9.17) is 0 Å². The van der Waals surface area contributed by atoms with Crippen LogP contribution in [0.3, 0.4) is 0 Å². The number of fused-ring (bicyclic) bond motifs is 1. The molecule has 1 atom stereocenters. The summed E-state index contributed by atoms with van der Waals surface area (Å²) in [6, 6.07) is 8.15. The molecule has 1 N–H and O–H groups in total. The van der Waals surface area contributed by atoms with Crippen LogP contribution in [0.15, 0.2) is 28.7 Å². The average Bonchev–Trinajstić information content (AvgIpc) is 2.74. The van der Waals surface area contributed by atoms with Gasteiger partial charge in [-0.15, -0.1) is 10.2 Å². The predicted octanol–water partition coefficient (Wildman–Crippen LogP) is 1.94. The Morgan fingerprint density at radius 3 is 3.00 bits per heavy atom. The van der Waals surface area contributed by atoms with Gasteiger partial charge in [-0.1, -0.05) is 34.1 Å². The maximum Gasteiger partial charge on any atom is 0.137 e. The van der Waals surface area contributed by atoms with Gasteiger partial charge in [-0.2, -0.15) is 0 Å². The molecule has 1 aromatic heterocycles. The van der Waals surface area contributed by atoms with Gasteiger partial charge in [-0.05, 0) is 18.1 Å². The third-order valence-corrected chi connectivity index (χ3v) is 4.09. The number of aliphatic hydroxyl groups is 1. The van der Waals surface area contributed by atoms with E-state index in [1.54, 1.807) is 0 Å². The molecule has 2 aromatic rings. The second kappa shape index (κ2) is 4.82. The van der Waals surface area contributed by atoms with Crippen molar-refractivity contribution >= 4 is 15.9 Å². The maximum atomic E-state index is 9.61. The van der Waals surface area contributed by atoms with E-state index in [-0.39, 0.29) is 6.10 Å². The SMILES string of the molecule is OC1CCn2c(Cc3ccccc3Br)nnc2C1. The van der Waals surface area contributed by atoms with E-state index in [2.05, 4.69) is 36.8 Å². The quantitative estimate of drug-likeness (QED) is 0.922. The Balaban J connectivity index is 1.88. The van der Waals surface area contributed by atoms with Crippen LogP contribution >= 0.6 is 15.9 Å². The summed E-state index contributed by atoms with van der Waals surface area (Å²) >= 11 is 3.55. The highest BCUT2D eigenvalue weighted by atomic mass is 79.9. The van der Waals surface area contributed by atoms with Crippen LogP contribution in [0.5, 0.6) is 0 Å². The molecule has 1 aliphatic heterocycles. The molecule has 0 spiro atoms. The van der Waals surface area contributed by atoms with Gasteiger partial charge in [0.05, 0.1) is 6.10 Å². The zero-order valence-electron chi connectivity index (χ0n) is 9.88. The normalized spacial score (nSPS) is 18.7. The number of hydrogen-bond acceptors (Lipinski definition) is 3. The summed E-state index contributed by atoms with van der Waals surface area (Å²) in [7, 11) is 0. The lowest BCUT2D eigenvalue weighted by Crippen LogP contribution is -2.24. The van der Waals surface area contributed by atoms with Crippen LogP contribution in [0.4, 0.5) is 0 Å². The Morgan fingerprint density at radius 1 is 1.33 bits per heavy atom. The van der Waals surface area contributed by atoms with Gasteiger partial charge in [0.15, 0.2) is 0 Å². The summed E-state index contributed by atoms with van der Waals surface area (Å²) in [5, 5.41) is 18.0. The minimum atomic E-state index is -0.266. The Morgan fingerprint density at radius 2 is 2.17 bits per heavy atom. The molecule has 2 heterocycles. The van der Waals surface area contributed by atoms with Gasteiger partial charge < -0.3 is 9.67 Å². The molecule has 1 aromatic carbocycles. The molecule has 0 fully saturated rings. The molecule has 0 bridgehead atoms. The van der Waals surface area contributed by atoms with Gasteiger partial charge in [0.25, 0.3) is 0 Å². The molecule has 94 valence electrons. The van der Waals surface area contributed by atoms with Crippen molar-refractivity contribution < 1.29 is 5.11 Å². The van der Waals surface area contributed by atoms with Crippen LogP contribution in [0.2, 0.25) is 0 Å². The van der Waals surface area contributed by atoms with E-state index in [1.807, 2.05) is 18.2 Å². The number of nitrogens with zero attached hydrogens (tertiary/aromatic N) is 3. The fourth-order valence-corrected chi connectivity index (χ4v) is 2.74. The lowest BCUT2D eigenvalue weighted by atomic mass is 10.1. The van der Waals surface area contributed by atoms with Gasteiger partial charge >= 0.3 is 0 Å². The van der Waals surface area contributed by atoms with Gasteiger partial charge in [-0.25, -0.2) is 0 Å². The highest BCUT2D eigenvalue weighted by Crippen LogP contribution is 2.21. The van der Waals surface area contributed by atoms with Crippen LogP contribution < -0.4 is 0 Å². The molecule has 5 heteroatoms. The van der Waals surface area contributed by atoms with Crippen LogP contribution in [-0.4, -0.2) is 26.0 Å². The van der Waals surface area contributed by atoms with Crippen molar-refractivity contribution in [3.63, 3.8) is 0 Å². The van der Waals surface area contributed by atoms with E-state index in [9.17, 15) is 5.11 Å². The van der Waals surface area contributed by atoms with Crippen molar-refractivity contribution in [3.8, 4) is 0 Å². The van der Waals surface area contributed by atoms with Crippen LogP contribution in [0.25, 0.3) is 0 Å². The lowest BCUT2D eigenvalue weighted by molar-refractivity contribution is 0.141. The summed E-state index contributed by atoms with van der Waals surface area (Å²) in [5.41, 5.74) is 1.21. The molecular formula is C13H14BrN3O. The fourth-order valence-electron chi connectivity index (χ4n) is 2.32. The molecule has 1 unspecified atom stereocenters. The van der Waals surface area contributed by atoms with Gasteiger partial charge in [0, 0.05) is 23.9 Å². The summed E-state index contributed by atoms with van der Waals surface area (Å²) in [6.07, 6.45) is 1.90. The van der Waals surface area contributed by atoms with Gasteiger partial charge in [-0.3, -0.25) is 0 Å². The summed E-state index contributed by atoms with van der Waals surface area (Å²) < 4.78 is 3.23. The highest BCUT2D eigenvalue weighted by molar-refractivity contribution is 9.10. The van der Waals surface area contributed by atoms with Crippen molar-refractivity contribution in [2.45, 2.75) is 31.9 Å². The molecule has 3 rings (SSSR count). The predicted molar refractivity (Wildman–Crippen MR) is 71.3 cm³/mol. The largest absolute Gasteiger partial charge is 0.393 e. The van der Waals surface area contributed by atoms with Crippen molar-refractivity contribution in [3.05, 3.63) is 46.0 Å². The van der Waals surface area contributed by atoms with E-state index < -0.39 is 0 Å². The molecule has 0 amide bonds. The average molecular weight is 308 g/mol. The van der Waals surface area contributed by atoms with Gasteiger partial charge in [0.1, 0.15) is 11.6 Å².